The molecule has 7 heteroatoms. The molecule has 2 aromatic rings. The van der Waals surface area contributed by atoms with Gasteiger partial charge in [-0.15, -0.1) is 11.3 Å². The van der Waals surface area contributed by atoms with Crippen molar-refractivity contribution in [3.8, 4) is 0 Å². The summed E-state index contributed by atoms with van der Waals surface area (Å²) in [6.07, 6.45) is 1.91. The average molecular weight is 361 g/mol. The zero-order chi connectivity index (χ0) is 17.8. The van der Waals surface area contributed by atoms with Gasteiger partial charge in [-0.1, -0.05) is 25.1 Å². The molecule has 1 aliphatic carbocycles. The van der Waals surface area contributed by atoms with E-state index in [2.05, 4.69) is 10.5 Å². The fraction of sp³-hybridized carbons (Fsp3) is 0.500. The van der Waals surface area contributed by atoms with Gasteiger partial charge in [0.25, 0.3) is 5.91 Å². The Morgan fingerprint density at radius 2 is 2.20 bits per heavy atom. The molecular formula is C18H23N3O3S. The molecule has 2 heterocycles. The topological polar surface area (TPSA) is 75.4 Å². The Morgan fingerprint density at radius 1 is 1.40 bits per heavy atom. The number of thiophene rings is 1. The van der Waals surface area contributed by atoms with Crippen LogP contribution in [0.15, 0.2) is 28.1 Å². The van der Waals surface area contributed by atoms with Crippen LogP contribution in [0.3, 0.4) is 0 Å². The first-order chi connectivity index (χ1) is 12.0. The van der Waals surface area contributed by atoms with Crippen LogP contribution >= 0.6 is 11.3 Å². The van der Waals surface area contributed by atoms with Crippen LogP contribution in [0.1, 0.15) is 47.8 Å². The highest BCUT2D eigenvalue weighted by Crippen LogP contribution is 2.32. The Labute approximate surface area is 151 Å². The summed E-state index contributed by atoms with van der Waals surface area (Å²) in [4.78, 5) is 27.5. The van der Waals surface area contributed by atoms with E-state index >= 15 is 0 Å². The lowest BCUT2D eigenvalue weighted by Crippen LogP contribution is -2.31. The van der Waals surface area contributed by atoms with Crippen molar-refractivity contribution < 1.29 is 14.1 Å². The molecule has 0 saturated heterocycles. The van der Waals surface area contributed by atoms with E-state index in [1.807, 2.05) is 31.4 Å². The van der Waals surface area contributed by atoms with Crippen molar-refractivity contribution in [2.24, 2.45) is 11.8 Å². The molecular weight excluding hydrogens is 338 g/mol. The fourth-order valence-electron chi connectivity index (χ4n) is 2.46. The SMILES string of the molecule is CC(C)CNC(=O)c1cc(CN(Cc2cccs2)C(=O)C2CC2)on1. The predicted molar refractivity (Wildman–Crippen MR) is 95.0 cm³/mol. The second-order valence-corrected chi connectivity index (χ2v) is 7.86. The summed E-state index contributed by atoms with van der Waals surface area (Å²) in [6.45, 7) is 5.53. The molecule has 25 heavy (non-hydrogen) atoms. The zero-order valence-corrected chi connectivity index (χ0v) is 15.3. The monoisotopic (exact) mass is 361 g/mol. The Hall–Kier alpha value is -2.15. The lowest BCUT2D eigenvalue weighted by Gasteiger charge is -2.20. The third-order valence-electron chi connectivity index (χ3n) is 3.97. The maximum atomic E-state index is 12.5. The van der Waals surface area contributed by atoms with E-state index in [1.165, 1.54) is 0 Å². The maximum Gasteiger partial charge on any atom is 0.273 e. The Balaban J connectivity index is 1.65. The normalized spacial score (nSPS) is 13.9. The van der Waals surface area contributed by atoms with Crippen LogP contribution in [-0.4, -0.2) is 28.4 Å². The van der Waals surface area contributed by atoms with Crippen LogP contribution < -0.4 is 5.32 Å². The van der Waals surface area contributed by atoms with Gasteiger partial charge >= 0.3 is 0 Å². The van der Waals surface area contributed by atoms with Gasteiger partial charge in [-0.25, -0.2) is 0 Å². The third kappa shape index (κ3) is 4.92. The number of amides is 2. The molecule has 0 unspecified atom stereocenters. The summed E-state index contributed by atoms with van der Waals surface area (Å²) in [5.74, 6) is 0.933. The second kappa shape index (κ2) is 7.82. The molecule has 3 rings (SSSR count). The van der Waals surface area contributed by atoms with Crippen molar-refractivity contribution in [3.63, 3.8) is 0 Å². The molecule has 0 aliphatic heterocycles. The number of nitrogens with one attached hydrogen (secondary N) is 1. The van der Waals surface area contributed by atoms with Crippen LogP contribution in [0, 0.1) is 11.8 Å². The predicted octanol–water partition coefficient (Wildman–Crippen LogP) is 3.06. The quantitative estimate of drug-likeness (QED) is 0.784. The van der Waals surface area contributed by atoms with Gasteiger partial charge in [0.2, 0.25) is 5.91 Å². The van der Waals surface area contributed by atoms with Crippen LogP contribution in [0.2, 0.25) is 0 Å². The van der Waals surface area contributed by atoms with Crippen molar-refractivity contribution in [1.82, 2.24) is 15.4 Å². The highest BCUT2D eigenvalue weighted by atomic mass is 32.1. The molecule has 0 spiro atoms. The van der Waals surface area contributed by atoms with Crippen molar-refractivity contribution in [1.29, 1.82) is 0 Å². The molecule has 0 bridgehead atoms. The van der Waals surface area contributed by atoms with Gasteiger partial charge < -0.3 is 14.7 Å². The minimum Gasteiger partial charge on any atom is -0.359 e. The summed E-state index contributed by atoms with van der Waals surface area (Å²) >= 11 is 1.63. The van der Waals surface area contributed by atoms with Crippen LogP contribution in [0.5, 0.6) is 0 Å². The minimum atomic E-state index is -0.248. The summed E-state index contributed by atoms with van der Waals surface area (Å²) in [5, 5.41) is 8.65. The Morgan fingerprint density at radius 3 is 2.84 bits per heavy atom. The second-order valence-electron chi connectivity index (χ2n) is 6.83. The number of carbonyl (C=O) groups excluding carboxylic acids is 2. The molecule has 2 amide bonds. The van der Waals surface area contributed by atoms with Crippen molar-refractivity contribution >= 4 is 23.2 Å². The van der Waals surface area contributed by atoms with Gasteiger partial charge in [0.1, 0.15) is 0 Å². The summed E-state index contributed by atoms with van der Waals surface area (Å²) in [6, 6.07) is 5.62. The third-order valence-corrected chi connectivity index (χ3v) is 4.84. The summed E-state index contributed by atoms with van der Waals surface area (Å²) in [7, 11) is 0. The molecule has 0 radical (unpaired) electrons. The van der Waals surface area contributed by atoms with Crippen LogP contribution in [0.25, 0.3) is 0 Å². The number of rotatable bonds is 8. The van der Waals surface area contributed by atoms with E-state index in [-0.39, 0.29) is 23.4 Å². The van der Waals surface area contributed by atoms with Crippen molar-refractivity contribution in [3.05, 3.63) is 39.9 Å². The van der Waals surface area contributed by atoms with Crippen LogP contribution in [0.4, 0.5) is 0 Å². The van der Waals surface area contributed by atoms with Gasteiger partial charge in [-0.05, 0) is 30.2 Å². The maximum absolute atomic E-state index is 12.5. The van der Waals surface area contributed by atoms with E-state index in [0.717, 1.165) is 17.7 Å². The molecule has 0 atom stereocenters. The first kappa shape index (κ1) is 17.7. The van der Waals surface area contributed by atoms with E-state index in [0.29, 0.717) is 31.3 Å². The van der Waals surface area contributed by atoms with Crippen LogP contribution in [-0.2, 0) is 17.9 Å². The Kier molecular flexibility index (Phi) is 5.53. The van der Waals surface area contributed by atoms with Gasteiger partial charge in [0, 0.05) is 23.4 Å². The molecule has 2 aromatic heterocycles. The molecule has 1 saturated carbocycles. The van der Waals surface area contributed by atoms with E-state index in [1.54, 1.807) is 22.3 Å². The molecule has 1 fully saturated rings. The molecule has 134 valence electrons. The van der Waals surface area contributed by atoms with Gasteiger partial charge in [0.15, 0.2) is 11.5 Å². The molecule has 0 aromatic carbocycles. The lowest BCUT2D eigenvalue weighted by molar-refractivity contribution is -0.134. The fourth-order valence-corrected chi connectivity index (χ4v) is 3.18. The number of aromatic nitrogens is 1. The van der Waals surface area contributed by atoms with E-state index in [9.17, 15) is 9.59 Å². The first-order valence-electron chi connectivity index (χ1n) is 8.58. The standard InChI is InChI=1S/C18H23N3O3S/c1-12(2)9-19-17(22)16-8-14(24-20-16)10-21(18(23)13-5-6-13)11-15-4-3-7-25-15/h3-4,7-8,12-13H,5-6,9-11H2,1-2H3,(H,19,22). The molecule has 1 aliphatic rings. The average Bonchev–Trinajstić information content (AvgIpc) is 3.11. The van der Waals surface area contributed by atoms with Gasteiger partial charge in [0.05, 0.1) is 13.1 Å². The summed E-state index contributed by atoms with van der Waals surface area (Å²) in [5.41, 5.74) is 0.255. The van der Waals surface area contributed by atoms with Crippen molar-refractivity contribution in [2.75, 3.05) is 6.54 Å². The van der Waals surface area contributed by atoms with Crippen molar-refractivity contribution in [2.45, 2.75) is 39.8 Å². The number of carbonyl (C=O) groups is 2. The van der Waals surface area contributed by atoms with E-state index < -0.39 is 0 Å². The largest absolute Gasteiger partial charge is 0.359 e. The zero-order valence-electron chi connectivity index (χ0n) is 14.5. The smallest absolute Gasteiger partial charge is 0.273 e. The number of nitrogens with zero attached hydrogens (tertiary/aromatic N) is 2. The van der Waals surface area contributed by atoms with E-state index in [4.69, 9.17) is 4.52 Å². The summed E-state index contributed by atoms with van der Waals surface area (Å²) < 4.78 is 5.29. The van der Waals surface area contributed by atoms with Gasteiger partial charge in [-0.2, -0.15) is 0 Å². The number of hydrogen-bond acceptors (Lipinski definition) is 5. The number of hydrogen-bond donors (Lipinski definition) is 1. The van der Waals surface area contributed by atoms with Gasteiger partial charge in [-0.3, -0.25) is 9.59 Å². The molecule has 6 nitrogen and oxygen atoms in total. The Bertz CT molecular complexity index is 720. The highest BCUT2D eigenvalue weighted by molar-refractivity contribution is 7.09. The minimum absolute atomic E-state index is 0.136. The first-order valence-corrected chi connectivity index (χ1v) is 9.46. The lowest BCUT2D eigenvalue weighted by atomic mass is 10.2. The molecule has 1 N–H and O–H groups in total. The highest BCUT2D eigenvalue weighted by Gasteiger charge is 2.34.